The van der Waals surface area contributed by atoms with Crippen LogP contribution in [0, 0.1) is 11.3 Å². The van der Waals surface area contributed by atoms with E-state index in [-0.39, 0.29) is 42.5 Å². The van der Waals surface area contributed by atoms with Crippen LogP contribution in [0.25, 0.3) is 10.8 Å². The molecule has 1 amide bonds. The summed E-state index contributed by atoms with van der Waals surface area (Å²) < 4.78 is 10.3. The van der Waals surface area contributed by atoms with Crippen molar-refractivity contribution in [2.75, 3.05) is 33.9 Å². The van der Waals surface area contributed by atoms with Crippen molar-refractivity contribution in [1.82, 2.24) is 4.90 Å². The molecule has 0 bridgehead atoms. The van der Waals surface area contributed by atoms with Gasteiger partial charge in [0.25, 0.3) is 5.91 Å². The zero-order valence-corrected chi connectivity index (χ0v) is 20.8. The summed E-state index contributed by atoms with van der Waals surface area (Å²) >= 11 is 12.3. The Morgan fingerprint density at radius 3 is 2.49 bits per heavy atom. The molecule has 0 aliphatic carbocycles. The molecule has 3 aromatic rings. The molecule has 0 radical (unpaired) electrons. The minimum atomic E-state index is -0.616. The molecule has 35 heavy (non-hydrogen) atoms. The average molecular weight is 515 g/mol. The Kier molecular flexibility index (Phi) is 8.94. The van der Waals surface area contributed by atoms with E-state index in [2.05, 4.69) is 6.07 Å². The predicted molar refractivity (Wildman–Crippen MR) is 134 cm³/mol. The number of nitriles is 1. The lowest BCUT2D eigenvalue weighted by Crippen LogP contribution is -2.39. The van der Waals surface area contributed by atoms with Crippen LogP contribution in [-0.4, -0.2) is 55.8 Å². The van der Waals surface area contributed by atoms with Crippen LogP contribution in [0.2, 0.25) is 10.0 Å². The zero-order chi connectivity index (χ0) is 25.5. The molecule has 1 N–H and O–H groups in total. The monoisotopic (exact) mass is 514 g/mol. The SMILES string of the molecule is COC(=O)CN(C[C@@H](CCO)c1ccc(Cl)c(Cl)c1)C(=O)c1c(OC)c(C#N)cc2ccccc12. The van der Waals surface area contributed by atoms with Gasteiger partial charge in [0.05, 0.1) is 35.4 Å². The minimum absolute atomic E-state index is 0.0702. The fraction of sp³-hybridized carbons (Fsp3) is 0.269. The van der Waals surface area contributed by atoms with Crippen LogP contribution in [0.15, 0.2) is 48.5 Å². The second-order valence-electron chi connectivity index (χ2n) is 7.81. The highest BCUT2D eigenvalue weighted by atomic mass is 35.5. The van der Waals surface area contributed by atoms with Gasteiger partial charge in [-0.1, -0.05) is 53.5 Å². The topological polar surface area (TPSA) is 99.9 Å². The first kappa shape index (κ1) is 26.3. The largest absolute Gasteiger partial charge is 0.495 e. The standard InChI is InChI=1S/C26H24Cl2N2O5/c1-34-23(32)15-30(14-18(9-10-31)16-7-8-21(27)22(28)12-16)26(33)24-20-6-4-3-5-17(20)11-19(13-29)25(24)35-2/h3-8,11-12,18,31H,9-10,14-15H2,1-2H3/t18-/m1/s1. The molecule has 0 saturated carbocycles. The van der Waals surface area contributed by atoms with Crippen molar-refractivity contribution >= 4 is 45.9 Å². The highest BCUT2D eigenvalue weighted by molar-refractivity contribution is 6.42. The van der Waals surface area contributed by atoms with Gasteiger partial charge in [0.2, 0.25) is 0 Å². The van der Waals surface area contributed by atoms with Crippen LogP contribution < -0.4 is 4.74 Å². The smallest absolute Gasteiger partial charge is 0.325 e. The fourth-order valence-electron chi connectivity index (χ4n) is 3.99. The van der Waals surface area contributed by atoms with Crippen molar-refractivity contribution in [3.63, 3.8) is 0 Å². The Labute approximate surface area is 213 Å². The number of hydrogen-bond donors (Lipinski definition) is 1. The number of rotatable bonds is 9. The molecule has 7 nitrogen and oxygen atoms in total. The molecule has 182 valence electrons. The molecule has 0 saturated heterocycles. The van der Waals surface area contributed by atoms with Gasteiger partial charge in [-0.25, -0.2) is 0 Å². The number of nitrogens with zero attached hydrogens (tertiary/aromatic N) is 2. The molecule has 9 heteroatoms. The summed E-state index contributed by atoms with van der Waals surface area (Å²) in [6.45, 7) is -0.422. The zero-order valence-electron chi connectivity index (χ0n) is 19.3. The number of benzene rings is 3. The third-order valence-electron chi connectivity index (χ3n) is 5.71. The van der Waals surface area contributed by atoms with E-state index in [4.69, 9.17) is 32.7 Å². The Bertz CT molecular complexity index is 1290. The van der Waals surface area contributed by atoms with E-state index in [9.17, 15) is 20.0 Å². The van der Waals surface area contributed by atoms with Gasteiger partial charge in [0.1, 0.15) is 18.4 Å². The Balaban J connectivity index is 2.13. The first-order valence-corrected chi connectivity index (χ1v) is 11.5. The lowest BCUT2D eigenvalue weighted by atomic mass is 9.94. The molecular formula is C26H24Cl2N2O5. The molecule has 0 heterocycles. The second-order valence-corrected chi connectivity index (χ2v) is 8.62. The highest BCUT2D eigenvalue weighted by Gasteiger charge is 2.29. The molecule has 0 aliphatic rings. The lowest BCUT2D eigenvalue weighted by molar-refractivity contribution is -0.141. The number of halogens is 2. The number of carbonyl (C=O) groups excluding carboxylic acids is 2. The Hall–Kier alpha value is -3.31. The molecule has 0 aliphatic heterocycles. The Morgan fingerprint density at radius 1 is 1.11 bits per heavy atom. The fourth-order valence-corrected chi connectivity index (χ4v) is 4.29. The molecular weight excluding hydrogens is 491 g/mol. The number of fused-ring (bicyclic) bond motifs is 1. The van der Waals surface area contributed by atoms with Crippen molar-refractivity contribution in [2.45, 2.75) is 12.3 Å². The summed E-state index contributed by atoms with van der Waals surface area (Å²) in [5, 5.41) is 21.4. The first-order chi connectivity index (χ1) is 16.8. The summed E-state index contributed by atoms with van der Waals surface area (Å²) in [6, 6.07) is 15.9. The van der Waals surface area contributed by atoms with Crippen molar-refractivity contribution in [3.8, 4) is 11.8 Å². The predicted octanol–water partition coefficient (Wildman–Crippen LogP) is 4.81. The summed E-state index contributed by atoms with van der Waals surface area (Å²) in [5.74, 6) is -1.36. The van der Waals surface area contributed by atoms with Gasteiger partial charge in [-0.2, -0.15) is 5.26 Å². The number of amides is 1. The van der Waals surface area contributed by atoms with Crippen LogP contribution in [-0.2, 0) is 9.53 Å². The number of aliphatic hydroxyl groups excluding tert-OH is 1. The minimum Gasteiger partial charge on any atom is -0.495 e. The highest BCUT2D eigenvalue weighted by Crippen LogP contribution is 2.34. The third-order valence-corrected chi connectivity index (χ3v) is 6.45. The van der Waals surface area contributed by atoms with Gasteiger partial charge in [-0.15, -0.1) is 0 Å². The number of aliphatic hydroxyl groups is 1. The van der Waals surface area contributed by atoms with E-state index in [1.807, 2.05) is 0 Å². The molecule has 0 unspecified atom stereocenters. The molecule has 3 rings (SSSR count). The van der Waals surface area contributed by atoms with Gasteiger partial charge >= 0.3 is 5.97 Å². The van der Waals surface area contributed by atoms with Gasteiger partial charge in [-0.3, -0.25) is 9.59 Å². The van der Waals surface area contributed by atoms with Crippen molar-refractivity contribution < 1.29 is 24.2 Å². The molecule has 0 spiro atoms. The van der Waals surface area contributed by atoms with Gasteiger partial charge in [0, 0.05) is 19.1 Å². The van der Waals surface area contributed by atoms with Crippen LogP contribution in [0.1, 0.15) is 33.8 Å². The number of ether oxygens (including phenoxy) is 2. The maximum absolute atomic E-state index is 14.0. The summed E-state index contributed by atoms with van der Waals surface area (Å²) in [6.07, 6.45) is 0.305. The number of esters is 1. The quantitative estimate of drug-likeness (QED) is 0.411. The van der Waals surface area contributed by atoms with Crippen molar-refractivity contribution in [2.24, 2.45) is 0 Å². The van der Waals surface area contributed by atoms with E-state index in [1.54, 1.807) is 48.5 Å². The normalized spacial score (nSPS) is 11.5. The van der Waals surface area contributed by atoms with Crippen LogP contribution in [0.4, 0.5) is 0 Å². The van der Waals surface area contributed by atoms with Crippen molar-refractivity contribution in [3.05, 3.63) is 75.3 Å². The van der Waals surface area contributed by atoms with Crippen LogP contribution >= 0.6 is 23.2 Å². The average Bonchev–Trinajstić information content (AvgIpc) is 2.87. The van der Waals surface area contributed by atoms with Gasteiger partial charge < -0.3 is 19.5 Å². The second kappa shape index (κ2) is 11.9. The maximum Gasteiger partial charge on any atom is 0.325 e. The number of carbonyl (C=O) groups is 2. The van der Waals surface area contributed by atoms with E-state index in [0.29, 0.717) is 27.2 Å². The van der Waals surface area contributed by atoms with Gasteiger partial charge in [0.15, 0.2) is 0 Å². The summed E-state index contributed by atoms with van der Waals surface area (Å²) in [7, 11) is 2.62. The lowest BCUT2D eigenvalue weighted by Gasteiger charge is -2.28. The molecule has 0 aromatic heterocycles. The number of hydrogen-bond acceptors (Lipinski definition) is 6. The number of methoxy groups -OCH3 is 2. The Morgan fingerprint density at radius 2 is 1.86 bits per heavy atom. The third kappa shape index (κ3) is 5.85. The van der Waals surface area contributed by atoms with Crippen LogP contribution in [0.5, 0.6) is 5.75 Å². The first-order valence-electron chi connectivity index (χ1n) is 10.8. The molecule has 0 fully saturated rings. The van der Waals surface area contributed by atoms with E-state index < -0.39 is 11.9 Å². The van der Waals surface area contributed by atoms with E-state index in [1.165, 1.54) is 19.1 Å². The summed E-state index contributed by atoms with van der Waals surface area (Å²) in [5.41, 5.74) is 1.12. The molecule has 3 aromatic carbocycles. The maximum atomic E-state index is 14.0. The van der Waals surface area contributed by atoms with Gasteiger partial charge in [-0.05, 0) is 41.0 Å². The van der Waals surface area contributed by atoms with Crippen molar-refractivity contribution in [1.29, 1.82) is 5.26 Å². The molecule has 1 atom stereocenters. The van der Waals surface area contributed by atoms with E-state index in [0.717, 1.165) is 5.56 Å². The van der Waals surface area contributed by atoms with E-state index >= 15 is 0 Å². The summed E-state index contributed by atoms with van der Waals surface area (Å²) in [4.78, 5) is 27.6. The van der Waals surface area contributed by atoms with Crippen LogP contribution in [0.3, 0.4) is 0 Å².